The fraction of sp³-hybridized carbons (Fsp3) is 0.250. The van der Waals surface area contributed by atoms with Crippen LogP contribution in [0.2, 0.25) is 5.02 Å². The number of nitrogens with one attached hydrogen (secondary N) is 1. The molecule has 1 amide bonds. The number of hydrogen-bond donors (Lipinski definition) is 1. The number of anilines is 1. The average molecular weight is 464 g/mol. The van der Waals surface area contributed by atoms with Crippen molar-refractivity contribution in [3.8, 4) is 22.0 Å². The quantitative estimate of drug-likeness (QED) is 0.416. The first-order valence-corrected chi connectivity index (χ1v) is 11.9. The minimum Gasteiger partial charge on any atom is -0.326 e. The van der Waals surface area contributed by atoms with Crippen molar-refractivity contribution < 1.29 is 4.79 Å². The second kappa shape index (κ2) is 9.22. The van der Waals surface area contributed by atoms with Crippen molar-refractivity contribution in [3.63, 3.8) is 0 Å². The molecule has 0 spiro atoms. The average Bonchev–Trinajstić information content (AvgIpc) is 3.35. The Morgan fingerprint density at radius 2 is 1.94 bits per heavy atom. The Bertz CT molecular complexity index is 1250. The van der Waals surface area contributed by atoms with Gasteiger partial charge < -0.3 is 9.88 Å². The summed E-state index contributed by atoms with van der Waals surface area (Å²) in [5.74, 6) is 1.86. The largest absolute Gasteiger partial charge is 0.326 e. The monoisotopic (exact) mass is 463 g/mol. The number of hydrogen-bond acceptors (Lipinski definition) is 5. The standard InChI is InChI=1S/C24H22ClN5OS/c25-18-6-4-5-17(13-18)24-27-20(15-32-24)14-22(31)26-19-10-8-16(9-11-19)23-29-28-21-7-2-1-3-12-30(21)23/h4-6,8-11,13,15H,1-3,7,12,14H2,(H,26,31). The van der Waals surface area contributed by atoms with E-state index < -0.39 is 0 Å². The number of halogens is 1. The number of rotatable bonds is 5. The third-order valence-corrected chi connectivity index (χ3v) is 6.68. The molecule has 3 heterocycles. The van der Waals surface area contributed by atoms with Gasteiger partial charge in [0.05, 0.1) is 12.1 Å². The van der Waals surface area contributed by atoms with Crippen LogP contribution in [-0.2, 0) is 24.2 Å². The Balaban J connectivity index is 1.24. The smallest absolute Gasteiger partial charge is 0.230 e. The summed E-state index contributed by atoms with van der Waals surface area (Å²) in [4.78, 5) is 17.1. The normalized spacial score (nSPS) is 13.4. The fourth-order valence-corrected chi connectivity index (χ4v) is 4.92. The zero-order chi connectivity index (χ0) is 21.9. The van der Waals surface area contributed by atoms with Crippen molar-refractivity contribution in [2.45, 2.75) is 38.6 Å². The first kappa shape index (κ1) is 20.8. The van der Waals surface area contributed by atoms with Crippen molar-refractivity contribution in [3.05, 3.63) is 70.5 Å². The lowest BCUT2D eigenvalue weighted by atomic mass is 10.2. The Morgan fingerprint density at radius 1 is 1.06 bits per heavy atom. The predicted octanol–water partition coefficient (Wildman–Crippen LogP) is 5.63. The van der Waals surface area contributed by atoms with Crippen LogP contribution in [0, 0.1) is 0 Å². The van der Waals surface area contributed by atoms with Gasteiger partial charge in [-0.1, -0.05) is 30.2 Å². The number of carbonyl (C=O) groups excluding carboxylic acids is 1. The van der Waals surface area contributed by atoms with E-state index in [1.807, 2.05) is 53.9 Å². The Hall–Kier alpha value is -3.03. The topological polar surface area (TPSA) is 72.7 Å². The molecule has 0 fully saturated rings. The molecule has 5 rings (SSSR count). The van der Waals surface area contributed by atoms with Crippen LogP contribution in [0.3, 0.4) is 0 Å². The van der Waals surface area contributed by atoms with Crippen molar-refractivity contribution in [1.29, 1.82) is 0 Å². The van der Waals surface area contributed by atoms with Gasteiger partial charge in [0.15, 0.2) is 5.82 Å². The summed E-state index contributed by atoms with van der Waals surface area (Å²) in [6, 6.07) is 15.3. The van der Waals surface area contributed by atoms with E-state index in [4.69, 9.17) is 11.6 Å². The van der Waals surface area contributed by atoms with Gasteiger partial charge >= 0.3 is 0 Å². The summed E-state index contributed by atoms with van der Waals surface area (Å²) in [6.45, 7) is 0.959. The van der Waals surface area contributed by atoms with Crippen LogP contribution in [0.1, 0.15) is 30.8 Å². The summed E-state index contributed by atoms with van der Waals surface area (Å²) >= 11 is 7.57. The minimum absolute atomic E-state index is 0.1000. The predicted molar refractivity (Wildman–Crippen MR) is 128 cm³/mol. The molecule has 2 aromatic heterocycles. The highest BCUT2D eigenvalue weighted by atomic mass is 35.5. The molecular weight excluding hydrogens is 442 g/mol. The molecule has 0 unspecified atom stereocenters. The molecule has 0 saturated carbocycles. The third-order valence-electron chi connectivity index (χ3n) is 5.50. The van der Waals surface area contributed by atoms with E-state index in [0.29, 0.717) is 5.02 Å². The van der Waals surface area contributed by atoms with Gasteiger partial charge in [-0.05, 0) is 49.2 Å². The van der Waals surface area contributed by atoms with Crippen LogP contribution >= 0.6 is 22.9 Å². The van der Waals surface area contributed by atoms with E-state index in [2.05, 4.69) is 25.1 Å². The molecule has 2 aromatic carbocycles. The molecular formula is C24H22ClN5OS. The lowest BCUT2D eigenvalue weighted by Crippen LogP contribution is -2.14. The van der Waals surface area contributed by atoms with Gasteiger partial charge in [0.1, 0.15) is 10.8 Å². The van der Waals surface area contributed by atoms with Crippen molar-refractivity contribution in [1.82, 2.24) is 19.7 Å². The molecule has 1 N–H and O–H groups in total. The van der Waals surface area contributed by atoms with E-state index in [9.17, 15) is 4.79 Å². The summed E-state index contributed by atoms with van der Waals surface area (Å²) in [7, 11) is 0. The maximum atomic E-state index is 12.5. The highest BCUT2D eigenvalue weighted by Crippen LogP contribution is 2.27. The first-order chi connectivity index (χ1) is 15.7. The maximum Gasteiger partial charge on any atom is 0.230 e. The summed E-state index contributed by atoms with van der Waals surface area (Å²) < 4.78 is 2.22. The van der Waals surface area contributed by atoms with Crippen LogP contribution < -0.4 is 5.32 Å². The van der Waals surface area contributed by atoms with Crippen molar-refractivity contribution >= 4 is 34.5 Å². The highest BCUT2D eigenvalue weighted by molar-refractivity contribution is 7.13. The van der Waals surface area contributed by atoms with Crippen LogP contribution in [-0.4, -0.2) is 25.7 Å². The molecule has 0 aliphatic carbocycles. The lowest BCUT2D eigenvalue weighted by molar-refractivity contribution is -0.115. The zero-order valence-electron chi connectivity index (χ0n) is 17.4. The molecule has 4 aromatic rings. The van der Waals surface area contributed by atoms with E-state index in [-0.39, 0.29) is 12.3 Å². The molecule has 0 radical (unpaired) electrons. The number of amides is 1. The Kier molecular flexibility index (Phi) is 6.01. The molecule has 32 heavy (non-hydrogen) atoms. The molecule has 1 aliphatic rings. The summed E-state index contributed by atoms with van der Waals surface area (Å²) in [5, 5.41) is 15.2. The number of carbonyl (C=O) groups is 1. The third kappa shape index (κ3) is 4.59. The van der Waals surface area contributed by atoms with Gasteiger partial charge in [-0.15, -0.1) is 21.5 Å². The van der Waals surface area contributed by atoms with Gasteiger partial charge in [-0.2, -0.15) is 0 Å². The van der Waals surface area contributed by atoms with Crippen LogP contribution in [0.4, 0.5) is 5.69 Å². The summed E-state index contributed by atoms with van der Waals surface area (Å²) in [6.07, 6.45) is 4.76. The summed E-state index contributed by atoms with van der Waals surface area (Å²) in [5.41, 5.74) is 3.45. The first-order valence-electron chi connectivity index (χ1n) is 10.7. The molecule has 0 bridgehead atoms. The number of aryl methyl sites for hydroxylation is 1. The number of thiazole rings is 1. The van der Waals surface area contributed by atoms with Gasteiger partial charge in [0.2, 0.25) is 5.91 Å². The molecule has 0 atom stereocenters. The fourth-order valence-electron chi connectivity index (χ4n) is 3.91. The second-order valence-corrected chi connectivity index (χ2v) is 9.15. The van der Waals surface area contributed by atoms with Crippen molar-refractivity contribution in [2.75, 3.05) is 5.32 Å². The van der Waals surface area contributed by atoms with Gasteiger partial charge in [0.25, 0.3) is 0 Å². The second-order valence-electron chi connectivity index (χ2n) is 7.86. The van der Waals surface area contributed by atoms with E-state index >= 15 is 0 Å². The molecule has 6 nitrogen and oxygen atoms in total. The Labute approximate surface area is 195 Å². The van der Waals surface area contributed by atoms with Gasteiger partial charge in [-0.3, -0.25) is 4.79 Å². The van der Waals surface area contributed by atoms with Gasteiger partial charge in [-0.25, -0.2) is 4.98 Å². The minimum atomic E-state index is -0.1000. The molecule has 0 saturated heterocycles. The van der Waals surface area contributed by atoms with Crippen LogP contribution in [0.15, 0.2) is 53.9 Å². The number of aromatic nitrogens is 4. The van der Waals surface area contributed by atoms with E-state index in [0.717, 1.165) is 58.6 Å². The lowest BCUT2D eigenvalue weighted by Gasteiger charge is -2.08. The molecule has 162 valence electrons. The number of fused-ring (bicyclic) bond motifs is 1. The number of benzene rings is 2. The Morgan fingerprint density at radius 3 is 2.78 bits per heavy atom. The molecule has 8 heteroatoms. The number of nitrogens with zero attached hydrogens (tertiary/aromatic N) is 4. The van der Waals surface area contributed by atoms with Crippen LogP contribution in [0.25, 0.3) is 22.0 Å². The SMILES string of the molecule is O=C(Cc1csc(-c2cccc(Cl)c2)n1)Nc1ccc(-c2nnc3n2CCCCC3)cc1. The zero-order valence-corrected chi connectivity index (χ0v) is 19.0. The van der Waals surface area contributed by atoms with Crippen molar-refractivity contribution in [2.24, 2.45) is 0 Å². The molecule has 1 aliphatic heterocycles. The van der Waals surface area contributed by atoms with Gasteiger partial charge in [0, 0.05) is 40.2 Å². The van der Waals surface area contributed by atoms with E-state index in [1.54, 1.807) is 0 Å². The van der Waals surface area contributed by atoms with Crippen LogP contribution in [0.5, 0.6) is 0 Å². The van der Waals surface area contributed by atoms with E-state index in [1.165, 1.54) is 24.2 Å². The maximum absolute atomic E-state index is 12.5. The highest BCUT2D eigenvalue weighted by Gasteiger charge is 2.16.